The Hall–Kier alpha value is -4.16. The predicted molar refractivity (Wildman–Crippen MR) is 145 cm³/mol. The number of hydrogen-bond acceptors (Lipinski definition) is 7. The van der Waals surface area contributed by atoms with E-state index in [1.54, 1.807) is 17.2 Å². The highest BCUT2D eigenvalue weighted by Gasteiger charge is 2.21. The van der Waals surface area contributed by atoms with Crippen LogP contribution in [0.15, 0.2) is 54.7 Å². The molecule has 0 spiro atoms. The highest BCUT2D eigenvalue weighted by molar-refractivity contribution is 5.89. The zero-order valence-electron chi connectivity index (χ0n) is 21.9. The summed E-state index contributed by atoms with van der Waals surface area (Å²) in [6, 6.07) is 12.5. The molecule has 1 saturated heterocycles. The molecule has 2 aromatic carbocycles. The average molecular weight is 555 g/mol. The lowest BCUT2D eigenvalue weighted by molar-refractivity contribution is -0.132. The van der Waals surface area contributed by atoms with Crippen molar-refractivity contribution in [3.63, 3.8) is 0 Å². The van der Waals surface area contributed by atoms with Crippen LogP contribution in [-0.4, -0.2) is 73.2 Å². The lowest BCUT2D eigenvalue weighted by Gasteiger charge is -2.28. The monoisotopic (exact) mass is 554 g/mol. The molecule has 1 aliphatic heterocycles. The Bertz CT molecular complexity index is 1340. The molecule has 4 rings (SSSR count). The second-order valence-corrected chi connectivity index (χ2v) is 9.39. The number of benzene rings is 2. The molecule has 3 aromatic rings. The average Bonchev–Trinajstić information content (AvgIpc) is 2.97. The molecule has 0 unspecified atom stereocenters. The van der Waals surface area contributed by atoms with E-state index in [4.69, 9.17) is 4.74 Å². The maximum Gasteiger partial charge on any atom is 0.412 e. The molecule has 3 amide bonds. The third-order valence-electron chi connectivity index (χ3n) is 6.45. The maximum absolute atomic E-state index is 13.9. The van der Waals surface area contributed by atoms with Crippen LogP contribution in [0.4, 0.5) is 19.4 Å². The van der Waals surface area contributed by atoms with Crippen molar-refractivity contribution in [3.8, 4) is 0 Å². The van der Waals surface area contributed by atoms with E-state index in [-0.39, 0.29) is 44.0 Å². The minimum atomic E-state index is -0.972. The third-order valence-corrected chi connectivity index (χ3v) is 6.45. The Balaban J connectivity index is 1.30. The van der Waals surface area contributed by atoms with Crippen LogP contribution < -0.4 is 21.3 Å². The largest absolute Gasteiger partial charge is 0.447 e. The summed E-state index contributed by atoms with van der Waals surface area (Å²) >= 11 is 0. The molecule has 1 aliphatic rings. The Labute approximate surface area is 230 Å². The first kappa shape index (κ1) is 28.8. The summed E-state index contributed by atoms with van der Waals surface area (Å²) in [6.45, 7) is 2.22. The normalized spacial score (nSPS) is 14.0. The molecule has 10 nitrogen and oxygen atoms in total. The van der Waals surface area contributed by atoms with Gasteiger partial charge in [0, 0.05) is 56.3 Å². The number of aromatic nitrogens is 1. The number of amides is 3. The van der Waals surface area contributed by atoms with Gasteiger partial charge >= 0.3 is 6.09 Å². The van der Waals surface area contributed by atoms with Gasteiger partial charge in [0.15, 0.2) is 11.6 Å². The number of hydrogen-bond donors (Lipinski definition) is 4. The molecule has 12 heteroatoms. The molecular weight excluding hydrogens is 522 g/mol. The predicted octanol–water partition coefficient (Wildman–Crippen LogP) is 2.55. The van der Waals surface area contributed by atoms with Crippen LogP contribution in [0, 0.1) is 11.6 Å². The van der Waals surface area contributed by atoms with Crippen molar-refractivity contribution in [1.29, 1.82) is 0 Å². The van der Waals surface area contributed by atoms with Crippen LogP contribution in [0.5, 0.6) is 0 Å². The number of nitrogens with zero attached hydrogens (tertiary/aromatic N) is 2. The topological polar surface area (TPSA) is 125 Å². The fourth-order valence-corrected chi connectivity index (χ4v) is 4.31. The summed E-state index contributed by atoms with van der Waals surface area (Å²) in [7, 11) is 0. The molecular formula is C28H32F2N6O4. The minimum Gasteiger partial charge on any atom is -0.447 e. The summed E-state index contributed by atoms with van der Waals surface area (Å²) in [5.74, 6) is -2.12. The number of rotatable bonds is 11. The molecule has 0 bridgehead atoms. The Morgan fingerprint density at radius 2 is 1.82 bits per heavy atom. The van der Waals surface area contributed by atoms with E-state index in [0.29, 0.717) is 18.9 Å². The molecule has 40 heavy (non-hydrogen) atoms. The van der Waals surface area contributed by atoms with E-state index in [9.17, 15) is 23.2 Å². The van der Waals surface area contributed by atoms with Crippen molar-refractivity contribution in [1.82, 2.24) is 25.8 Å². The lowest BCUT2D eigenvalue weighted by atomic mass is 10.1. The van der Waals surface area contributed by atoms with Crippen LogP contribution >= 0.6 is 0 Å². The smallest absolute Gasteiger partial charge is 0.412 e. The maximum atomic E-state index is 13.9. The molecule has 4 N–H and O–H groups in total. The Kier molecular flexibility index (Phi) is 10.3. The summed E-state index contributed by atoms with van der Waals surface area (Å²) in [5, 5.41) is 13.1. The first-order valence-corrected chi connectivity index (χ1v) is 13.1. The number of halogens is 2. The number of carbonyl (C=O) groups is 3. The summed E-state index contributed by atoms with van der Waals surface area (Å²) < 4.78 is 32.6. The number of pyridine rings is 1. The van der Waals surface area contributed by atoms with Crippen molar-refractivity contribution in [2.45, 2.75) is 25.4 Å². The number of fused-ring (bicyclic) bond motifs is 1. The van der Waals surface area contributed by atoms with Gasteiger partial charge in [-0.2, -0.15) is 0 Å². The van der Waals surface area contributed by atoms with Crippen LogP contribution in [0.3, 0.4) is 0 Å². The molecule has 0 aliphatic carbocycles. The lowest BCUT2D eigenvalue weighted by Crippen LogP contribution is -2.47. The van der Waals surface area contributed by atoms with Crippen molar-refractivity contribution in [3.05, 3.63) is 71.9 Å². The van der Waals surface area contributed by atoms with Crippen molar-refractivity contribution in [2.24, 2.45) is 0 Å². The van der Waals surface area contributed by atoms with E-state index in [2.05, 4.69) is 26.3 Å². The fourth-order valence-electron chi connectivity index (χ4n) is 4.31. The standard InChI is InChI=1S/C28H32F2N6O4/c29-23-7-3-6-21(27(23)30)15-32-17-25(37)34-22(8-9-26(38)36-12-10-31-11-13-36)18-40-28(39)35-24-14-19-4-1-2-5-20(19)16-33-24/h1-7,14,16,22,31-32H,8-13,15,17-18H2,(H,34,37)(H,33,35,39)/t22-/m0/s1. The van der Waals surface area contributed by atoms with Crippen LogP contribution in [-0.2, 0) is 20.9 Å². The van der Waals surface area contributed by atoms with Gasteiger partial charge in [0.1, 0.15) is 12.4 Å². The molecule has 0 radical (unpaired) electrons. The van der Waals surface area contributed by atoms with Gasteiger partial charge in [-0.1, -0.05) is 36.4 Å². The van der Waals surface area contributed by atoms with Crippen molar-refractivity contribution < 1.29 is 27.9 Å². The summed E-state index contributed by atoms with van der Waals surface area (Å²) in [6.07, 6.45) is 1.28. The van der Waals surface area contributed by atoms with Gasteiger partial charge in [-0.15, -0.1) is 0 Å². The fraction of sp³-hybridized carbons (Fsp3) is 0.357. The second-order valence-electron chi connectivity index (χ2n) is 9.39. The third kappa shape index (κ3) is 8.42. The quantitative estimate of drug-likeness (QED) is 0.287. The molecule has 1 aromatic heterocycles. The molecule has 1 fully saturated rings. The first-order valence-electron chi connectivity index (χ1n) is 13.1. The molecule has 2 heterocycles. The summed E-state index contributed by atoms with van der Waals surface area (Å²) in [5.41, 5.74) is 0.0910. The van der Waals surface area contributed by atoms with E-state index >= 15 is 0 Å². The van der Waals surface area contributed by atoms with Gasteiger partial charge in [-0.3, -0.25) is 14.9 Å². The van der Waals surface area contributed by atoms with Gasteiger partial charge in [0.05, 0.1) is 12.6 Å². The van der Waals surface area contributed by atoms with Gasteiger partial charge in [-0.25, -0.2) is 18.6 Å². The van der Waals surface area contributed by atoms with Crippen molar-refractivity contribution >= 4 is 34.5 Å². The Morgan fingerprint density at radius 1 is 1.05 bits per heavy atom. The van der Waals surface area contributed by atoms with Crippen molar-refractivity contribution in [2.75, 3.05) is 44.6 Å². The van der Waals surface area contributed by atoms with Gasteiger partial charge in [-0.05, 0) is 23.9 Å². The number of ether oxygens (including phenoxy) is 1. The number of carbonyl (C=O) groups excluding carboxylic acids is 3. The molecule has 1 atom stereocenters. The summed E-state index contributed by atoms with van der Waals surface area (Å²) in [4.78, 5) is 43.7. The van der Waals surface area contributed by atoms with Gasteiger partial charge in [0.25, 0.3) is 0 Å². The zero-order valence-corrected chi connectivity index (χ0v) is 21.9. The number of anilines is 1. The minimum absolute atomic E-state index is 0.0507. The van der Waals surface area contributed by atoms with E-state index in [1.807, 2.05) is 24.3 Å². The molecule has 212 valence electrons. The van der Waals surface area contributed by atoms with E-state index < -0.39 is 29.7 Å². The van der Waals surface area contributed by atoms with Crippen LogP contribution in [0.2, 0.25) is 0 Å². The van der Waals surface area contributed by atoms with Crippen LogP contribution in [0.1, 0.15) is 18.4 Å². The van der Waals surface area contributed by atoms with Gasteiger partial charge < -0.3 is 25.6 Å². The Morgan fingerprint density at radius 3 is 2.62 bits per heavy atom. The van der Waals surface area contributed by atoms with E-state index in [0.717, 1.165) is 29.9 Å². The number of piperazine rings is 1. The highest BCUT2D eigenvalue weighted by Crippen LogP contribution is 2.16. The van der Waals surface area contributed by atoms with Gasteiger partial charge in [0.2, 0.25) is 11.8 Å². The second kappa shape index (κ2) is 14.3. The van der Waals surface area contributed by atoms with E-state index in [1.165, 1.54) is 12.1 Å². The molecule has 0 saturated carbocycles. The first-order chi connectivity index (χ1) is 19.4. The number of nitrogens with one attached hydrogen (secondary N) is 4. The highest BCUT2D eigenvalue weighted by atomic mass is 19.2. The SMILES string of the molecule is O=C(CNCc1cccc(F)c1F)N[C@@H](CCC(=O)N1CCNCC1)COC(=O)Nc1cc2ccccc2cn1. The van der Waals surface area contributed by atoms with Crippen LogP contribution in [0.25, 0.3) is 10.8 Å². The zero-order chi connectivity index (χ0) is 28.3.